The minimum Gasteiger partial charge on any atom is -0.374 e. The fourth-order valence-corrected chi connectivity index (χ4v) is 2.96. The third-order valence-corrected chi connectivity index (χ3v) is 4.40. The highest BCUT2D eigenvalue weighted by Crippen LogP contribution is 2.24. The lowest BCUT2D eigenvalue weighted by Gasteiger charge is -2.34. The highest BCUT2D eigenvalue weighted by molar-refractivity contribution is 5.57. The number of nitrogens with zero attached hydrogens (tertiary/aromatic N) is 4. The lowest BCUT2D eigenvalue weighted by Crippen LogP contribution is -2.44. The molecular weight excluding hydrogens is 278 g/mol. The Hall–Kier alpha value is -1.66. The monoisotopic (exact) mass is 303 g/mol. The largest absolute Gasteiger partial charge is 0.374 e. The van der Waals surface area contributed by atoms with Crippen molar-refractivity contribution in [1.29, 1.82) is 0 Å². The molecule has 0 aromatic carbocycles. The van der Waals surface area contributed by atoms with Crippen LogP contribution >= 0.6 is 0 Å². The van der Waals surface area contributed by atoms with Crippen LogP contribution in [0.4, 0.5) is 5.82 Å². The number of hydrogen-bond acceptors (Lipinski definition) is 5. The number of fused-ring (bicyclic) bond motifs is 1. The molecule has 0 aliphatic carbocycles. The smallest absolute Gasteiger partial charge is 0.160 e. The van der Waals surface area contributed by atoms with Crippen LogP contribution in [0.3, 0.4) is 0 Å². The van der Waals surface area contributed by atoms with E-state index in [4.69, 9.17) is 15.5 Å². The number of rotatable bonds is 4. The van der Waals surface area contributed by atoms with Gasteiger partial charge in [0.2, 0.25) is 0 Å². The van der Waals surface area contributed by atoms with E-state index in [9.17, 15) is 0 Å². The molecular formula is C16H25N5O. The van der Waals surface area contributed by atoms with Crippen molar-refractivity contribution in [1.82, 2.24) is 14.6 Å². The van der Waals surface area contributed by atoms with Gasteiger partial charge in [-0.25, -0.2) is 4.98 Å². The van der Waals surface area contributed by atoms with Crippen molar-refractivity contribution in [3.63, 3.8) is 0 Å². The highest BCUT2D eigenvalue weighted by atomic mass is 16.5. The highest BCUT2D eigenvalue weighted by Gasteiger charge is 2.23. The molecule has 0 unspecified atom stereocenters. The Morgan fingerprint density at radius 3 is 2.95 bits per heavy atom. The Balaban J connectivity index is 2.03. The van der Waals surface area contributed by atoms with Gasteiger partial charge in [-0.1, -0.05) is 6.92 Å². The van der Waals surface area contributed by atoms with Gasteiger partial charge in [-0.3, -0.25) is 0 Å². The fraction of sp³-hybridized carbons (Fsp3) is 0.625. The van der Waals surface area contributed by atoms with Crippen LogP contribution < -0.4 is 10.6 Å². The number of nitrogens with two attached hydrogens (primary N) is 1. The fourth-order valence-electron chi connectivity index (χ4n) is 2.96. The molecule has 1 aliphatic rings. The molecule has 6 heteroatoms. The first kappa shape index (κ1) is 15.2. The molecule has 1 fully saturated rings. The van der Waals surface area contributed by atoms with Gasteiger partial charge < -0.3 is 15.4 Å². The summed E-state index contributed by atoms with van der Waals surface area (Å²) >= 11 is 0. The predicted molar refractivity (Wildman–Crippen MR) is 87.5 cm³/mol. The summed E-state index contributed by atoms with van der Waals surface area (Å²) in [7, 11) is 0. The van der Waals surface area contributed by atoms with Crippen LogP contribution in [0.25, 0.3) is 5.65 Å². The summed E-state index contributed by atoms with van der Waals surface area (Å²) in [5.74, 6) is 1.11. The van der Waals surface area contributed by atoms with E-state index < -0.39 is 0 Å². The topological polar surface area (TPSA) is 68.7 Å². The molecule has 1 atom stereocenters. The number of ether oxygens (including phenoxy) is 1. The van der Waals surface area contributed by atoms with E-state index in [-0.39, 0.29) is 6.10 Å². The van der Waals surface area contributed by atoms with Gasteiger partial charge in [-0.15, -0.1) is 0 Å². The molecule has 120 valence electrons. The van der Waals surface area contributed by atoms with E-state index in [0.717, 1.165) is 61.0 Å². The third-order valence-electron chi connectivity index (χ3n) is 4.40. The van der Waals surface area contributed by atoms with Crippen LogP contribution in [0.5, 0.6) is 0 Å². The average molecular weight is 303 g/mol. The van der Waals surface area contributed by atoms with Crippen LogP contribution in [0.1, 0.15) is 30.3 Å². The lowest BCUT2D eigenvalue weighted by molar-refractivity contribution is 0.0365. The first-order chi connectivity index (χ1) is 10.6. The van der Waals surface area contributed by atoms with Crippen molar-refractivity contribution in [2.75, 3.05) is 31.1 Å². The van der Waals surface area contributed by atoms with Crippen LogP contribution in [-0.2, 0) is 11.2 Å². The molecule has 0 bridgehead atoms. The molecule has 3 rings (SSSR count). The van der Waals surface area contributed by atoms with Gasteiger partial charge in [0, 0.05) is 30.4 Å². The zero-order valence-corrected chi connectivity index (χ0v) is 13.7. The molecule has 0 radical (unpaired) electrons. The van der Waals surface area contributed by atoms with Crippen LogP contribution in [-0.4, -0.2) is 46.9 Å². The second kappa shape index (κ2) is 6.22. The van der Waals surface area contributed by atoms with E-state index in [2.05, 4.69) is 29.9 Å². The number of anilines is 1. The maximum atomic E-state index is 5.80. The SMILES string of the molecule is CCc1cc(N2CCO[C@@H](CCN)C2)n2nc(C)c(C)c2n1. The second-order valence-corrected chi connectivity index (χ2v) is 5.92. The van der Waals surface area contributed by atoms with Crippen molar-refractivity contribution in [3.05, 3.63) is 23.0 Å². The summed E-state index contributed by atoms with van der Waals surface area (Å²) in [5, 5.41) is 4.68. The summed E-state index contributed by atoms with van der Waals surface area (Å²) < 4.78 is 7.78. The van der Waals surface area contributed by atoms with E-state index in [1.54, 1.807) is 0 Å². The van der Waals surface area contributed by atoms with Gasteiger partial charge in [-0.05, 0) is 33.2 Å². The molecule has 2 aromatic rings. The minimum absolute atomic E-state index is 0.199. The number of aromatic nitrogens is 3. The number of hydrogen-bond donors (Lipinski definition) is 1. The molecule has 3 heterocycles. The maximum absolute atomic E-state index is 5.80. The maximum Gasteiger partial charge on any atom is 0.160 e. The van der Waals surface area contributed by atoms with Gasteiger partial charge in [0.15, 0.2) is 5.65 Å². The summed E-state index contributed by atoms with van der Waals surface area (Å²) in [5.41, 5.74) is 9.94. The Morgan fingerprint density at radius 1 is 1.41 bits per heavy atom. The molecule has 0 saturated carbocycles. The van der Waals surface area contributed by atoms with E-state index in [1.807, 2.05) is 11.4 Å². The van der Waals surface area contributed by atoms with E-state index in [1.165, 1.54) is 0 Å². The molecule has 22 heavy (non-hydrogen) atoms. The minimum atomic E-state index is 0.199. The van der Waals surface area contributed by atoms with Gasteiger partial charge in [0.05, 0.1) is 18.4 Å². The zero-order chi connectivity index (χ0) is 15.7. The van der Waals surface area contributed by atoms with E-state index in [0.29, 0.717) is 6.54 Å². The summed E-state index contributed by atoms with van der Waals surface area (Å²) in [6.45, 7) is 9.39. The van der Waals surface area contributed by atoms with Crippen molar-refractivity contribution >= 4 is 11.5 Å². The Bertz CT molecular complexity index is 664. The first-order valence-electron chi connectivity index (χ1n) is 8.06. The van der Waals surface area contributed by atoms with Crippen molar-refractivity contribution in [3.8, 4) is 0 Å². The molecule has 2 N–H and O–H groups in total. The first-order valence-corrected chi connectivity index (χ1v) is 8.06. The van der Waals surface area contributed by atoms with Crippen molar-refractivity contribution < 1.29 is 4.74 Å². The van der Waals surface area contributed by atoms with Crippen molar-refractivity contribution in [2.45, 2.75) is 39.7 Å². The quantitative estimate of drug-likeness (QED) is 0.926. The molecule has 6 nitrogen and oxygen atoms in total. The summed E-state index contributed by atoms with van der Waals surface area (Å²) in [6.07, 6.45) is 2.01. The molecule has 1 aliphatic heterocycles. The molecule has 2 aromatic heterocycles. The van der Waals surface area contributed by atoms with E-state index >= 15 is 0 Å². The second-order valence-electron chi connectivity index (χ2n) is 5.92. The van der Waals surface area contributed by atoms with Crippen LogP contribution in [0.15, 0.2) is 6.07 Å². The lowest BCUT2D eigenvalue weighted by atomic mass is 10.2. The predicted octanol–water partition coefficient (Wildman–Crippen LogP) is 1.46. The van der Waals surface area contributed by atoms with Gasteiger partial charge >= 0.3 is 0 Å². The Morgan fingerprint density at radius 2 is 2.23 bits per heavy atom. The normalized spacial score (nSPS) is 19.1. The number of morpholine rings is 1. The zero-order valence-electron chi connectivity index (χ0n) is 13.7. The summed E-state index contributed by atoms with van der Waals surface area (Å²) in [6, 6.07) is 2.16. The molecule has 0 amide bonds. The molecule has 1 saturated heterocycles. The van der Waals surface area contributed by atoms with Crippen LogP contribution in [0, 0.1) is 13.8 Å². The average Bonchev–Trinajstić information content (AvgIpc) is 2.82. The summed E-state index contributed by atoms with van der Waals surface area (Å²) in [4.78, 5) is 7.10. The Labute approximate surface area is 131 Å². The Kier molecular flexibility index (Phi) is 4.31. The van der Waals surface area contributed by atoms with Gasteiger partial charge in [0.25, 0.3) is 0 Å². The molecule has 0 spiro atoms. The van der Waals surface area contributed by atoms with Gasteiger partial charge in [-0.2, -0.15) is 9.61 Å². The van der Waals surface area contributed by atoms with Crippen LogP contribution in [0.2, 0.25) is 0 Å². The van der Waals surface area contributed by atoms with Gasteiger partial charge in [0.1, 0.15) is 5.82 Å². The van der Waals surface area contributed by atoms with Crippen molar-refractivity contribution in [2.24, 2.45) is 5.73 Å². The standard InChI is InChI=1S/C16H25N5O/c1-4-13-9-15(20-7-8-22-14(10-20)5-6-17)21-16(18-13)11(2)12(3)19-21/h9,14H,4-8,10,17H2,1-3H3/t14-/m0/s1. The number of aryl methyl sites for hydroxylation is 3. The third kappa shape index (κ3) is 2.68.